The van der Waals surface area contributed by atoms with Crippen LogP contribution in [0.3, 0.4) is 0 Å². The Bertz CT molecular complexity index is 733. The smallest absolute Gasteiger partial charge is 0.394 e. The zero-order chi connectivity index (χ0) is 37.4. The molecule has 0 aromatic heterocycles. The number of hydrogen-bond donors (Lipinski definition) is 3. The Morgan fingerprint density at radius 2 is 0.725 bits per heavy atom. The largest absolute Gasteiger partial charge is 0.472 e. The van der Waals surface area contributed by atoms with Gasteiger partial charge in [0.05, 0.1) is 26.4 Å². The molecule has 0 aliphatic carbocycles. The molecule has 0 saturated heterocycles. The molecule has 0 fully saturated rings. The van der Waals surface area contributed by atoms with Gasteiger partial charge in [0, 0.05) is 13.2 Å². The molecule has 0 radical (unpaired) electrons. The number of phosphoric ester groups is 1. The number of ether oxygens (including phenoxy) is 2. The van der Waals surface area contributed by atoms with E-state index in [-0.39, 0.29) is 26.4 Å². The first-order chi connectivity index (χ1) is 25.0. The highest BCUT2D eigenvalue weighted by atomic mass is 31.2. The average Bonchev–Trinajstić information content (AvgIpc) is 3.13. The van der Waals surface area contributed by atoms with E-state index in [1.54, 1.807) is 0 Å². The van der Waals surface area contributed by atoms with E-state index < -0.39 is 20.0 Å². The van der Waals surface area contributed by atoms with Crippen molar-refractivity contribution in [2.45, 2.75) is 206 Å². The highest BCUT2D eigenvalue weighted by Gasteiger charge is 2.25. The zero-order valence-electron chi connectivity index (χ0n) is 33.3. The molecule has 9 heteroatoms. The van der Waals surface area contributed by atoms with Crippen LogP contribution in [0.25, 0.3) is 0 Å². The van der Waals surface area contributed by atoms with Gasteiger partial charge in [0.25, 0.3) is 0 Å². The normalized spacial score (nSPS) is 13.6. The Hall–Kier alpha value is -0.570. The van der Waals surface area contributed by atoms with Gasteiger partial charge in [-0.3, -0.25) is 9.05 Å². The number of rotatable bonds is 42. The molecule has 0 aliphatic rings. The highest BCUT2D eigenvalue weighted by molar-refractivity contribution is 7.47. The Morgan fingerprint density at radius 1 is 0.451 bits per heavy atom. The number of hydrogen-bond acceptors (Lipinski definition) is 7. The summed E-state index contributed by atoms with van der Waals surface area (Å²) in [6.07, 6.45) is 42.5. The van der Waals surface area contributed by atoms with E-state index in [1.807, 2.05) is 0 Å². The average molecular weight is 747 g/mol. The zero-order valence-corrected chi connectivity index (χ0v) is 34.2. The Kier molecular flexibility index (Phi) is 40.2. The number of aliphatic hydroxyl groups is 2. The van der Waals surface area contributed by atoms with Gasteiger partial charge in [0.2, 0.25) is 0 Å². The molecule has 0 unspecified atom stereocenters. The molecule has 0 bridgehead atoms. The van der Waals surface area contributed by atoms with Crippen LogP contribution < -0.4 is 0 Å². The van der Waals surface area contributed by atoms with Crippen molar-refractivity contribution in [3.05, 3.63) is 24.3 Å². The van der Waals surface area contributed by atoms with Crippen LogP contribution in [0, 0.1) is 0 Å². The van der Waals surface area contributed by atoms with Gasteiger partial charge in [-0.2, -0.15) is 0 Å². The predicted molar refractivity (Wildman–Crippen MR) is 214 cm³/mol. The molecule has 0 spiro atoms. The lowest BCUT2D eigenvalue weighted by Gasteiger charge is -2.20. The first-order valence-corrected chi connectivity index (χ1v) is 22.8. The third-order valence-corrected chi connectivity index (χ3v) is 10.2. The van der Waals surface area contributed by atoms with Crippen LogP contribution in [0.15, 0.2) is 24.3 Å². The molecule has 0 rings (SSSR count). The SMILES string of the molecule is CCCCCCCC/C=C\CCCCCCCCO[C@H](CO)COP(=O)(O)OC[C@@H](CO)OCCCCCCCC/C=C\CCCCCCCC. The lowest BCUT2D eigenvalue weighted by atomic mass is 10.1. The van der Waals surface area contributed by atoms with E-state index in [2.05, 4.69) is 38.2 Å². The van der Waals surface area contributed by atoms with Gasteiger partial charge < -0.3 is 24.6 Å². The number of phosphoric acid groups is 1. The fraction of sp³-hybridized carbons (Fsp3) is 0.905. The summed E-state index contributed by atoms with van der Waals surface area (Å²) in [4.78, 5) is 10.1. The van der Waals surface area contributed by atoms with Gasteiger partial charge in [-0.1, -0.05) is 154 Å². The second kappa shape index (κ2) is 40.6. The van der Waals surface area contributed by atoms with Gasteiger partial charge in [0.1, 0.15) is 12.2 Å². The van der Waals surface area contributed by atoms with Gasteiger partial charge in [-0.05, 0) is 64.2 Å². The summed E-state index contributed by atoms with van der Waals surface area (Å²) in [5, 5.41) is 19.2. The van der Waals surface area contributed by atoms with Crippen LogP contribution in [-0.4, -0.2) is 67.0 Å². The Morgan fingerprint density at radius 3 is 1.02 bits per heavy atom. The molecule has 8 nitrogen and oxygen atoms in total. The van der Waals surface area contributed by atoms with Crippen molar-refractivity contribution in [1.82, 2.24) is 0 Å². The lowest BCUT2D eigenvalue weighted by molar-refractivity contribution is -0.0368. The molecule has 0 aliphatic heterocycles. The second-order valence-electron chi connectivity index (χ2n) is 14.3. The summed E-state index contributed by atoms with van der Waals surface area (Å²) in [5.41, 5.74) is 0. The fourth-order valence-electron chi connectivity index (χ4n) is 5.90. The van der Waals surface area contributed by atoms with Gasteiger partial charge in [-0.25, -0.2) is 4.57 Å². The molecular formula is C42H83O8P. The maximum atomic E-state index is 12.3. The maximum Gasteiger partial charge on any atom is 0.472 e. The minimum atomic E-state index is -4.37. The molecule has 0 aromatic carbocycles. The Balaban J connectivity index is 3.73. The number of unbranched alkanes of at least 4 members (excludes halogenated alkanes) is 24. The lowest BCUT2D eigenvalue weighted by Crippen LogP contribution is -2.26. The first-order valence-electron chi connectivity index (χ1n) is 21.4. The number of aliphatic hydroxyl groups excluding tert-OH is 2. The first kappa shape index (κ1) is 50.4. The molecule has 0 saturated carbocycles. The summed E-state index contributed by atoms with van der Waals surface area (Å²) in [6.45, 7) is 4.30. The summed E-state index contributed by atoms with van der Waals surface area (Å²) < 4.78 is 33.8. The van der Waals surface area contributed by atoms with Crippen LogP contribution in [0.2, 0.25) is 0 Å². The van der Waals surface area contributed by atoms with Crippen molar-refractivity contribution in [1.29, 1.82) is 0 Å². The van der Waals surface area contributed by atoms with Crippen molar-refractivity contribution >= 4 is 7.82 Å². The highest BCUT2D eigenvalue weighted by Crippen LogP contribution is 2.43. The summed E-state index contributed by atoms with van der Waals surface area (Å²) in [7, 11) is -4.37. The molecule has 304 valence electrons. The van der Waals surface area contributed by atoms with Crippen molar-refractivity contribution in [3.8, 4) is 0 Å². The molecule has 0 amide bonds. The monoisotopic (exact) mass is 747 g/mol. The van der Waals surface area contributed by atoms with Crippen LogP contribution in [0.1, 0.15) is 194 Å². The second-order valence-corrected chi connectivity index (χ2v) is 15.7. The summed E-state index contributed by atoms with van der Waals surface area (Å²) >= 11 is 0. The van der Waals surface area contributed by atoms with Crippen molar-refractivity contribution in [2.75, 3.05) is 39.6 Å². The molecular weight excluding hydrogens is 663 g/mol. The van der Waals surface area contributed by atoms with Gasteiger partial charge >= 0.3 is 7.82 Å². The summed E-state index contributed by atoms with van der Waals surface area (Å²) in [6, 6.07) is 0. The van der Waals surface area contributed by atoms with E-state index in [4.69, 9.17) is 18.5 Å². The van der Waals surface area contributed by atoms with E-state index in [0.717, 1.165) is 38.5 Å². The van der Waals surface area contributed by atoms with Crippen LogP contribution >= 0.6 is 7.82 Å². The molecule has 3 N–H and O–H groups in total. The van der Waals surface area contributed by atoms with Crippen LogP contribution in [0.4, 0.5) is 0 Å². The molecule has 2 atom stereocenters. The maximum absolute atomic E-state index is 12.3. The molecule has 0 heterocycles. The number of allylic oxidation sites excluding steroid dienone is 4. The van der Waals surface area contributed by atoms with E-state index in [1.165, 1.54) is 141 Å². The summed E-state index contributed by atoms with van der Waals surface area (Å²) in [5.74, 6) is 0. The van der Waals surface area contributed by atoms with Crippen molar-refractivity contribution < 1.29 is 38.2 Å². The minimum absolute atomic E-state index is 0.253. The van der Waals surface area contributed by atoms with Crippen molar-refractivity contribution in [3.63, 3.8) is 0 Å². The standard InChI is InChI=1S/C42H83O8P/c1-3-5-7-9-11-13-15-17-19-21-23-25-27-29-31-33-35-47-41(37-43)39-49-51(45,46)50-40-42(38-44)48-36-34-32-30-28-26-24-22-20-18-16-14-12-10-8-6-4-2/h17-20,41-44H,3-16,21-40H2,1-2H3,(H,45,46)/b19-17-,20-18-/t41-,42-/m1/s1. The quantitative estimate of drug-likeness (QED) is 0.0321. The van der Waals surface area contributed by atoms with Gasteiger partial charge in [0.15, 0.2) is 0 Å². The van der Waals surface area contributed by atoms with E-state index in [9.17, 15) is 19.7 Å². The predicted octanol–water partition coefficient (Wildman–Crippen LogP) is 11.9. The molecule has 0 aromatic rings. The van der Waals surface area contributed by atoms with Crippen LogP contribution in [0.5, 0.6) is 0 Å². The van der Waals surface area contributed by atoms with Crippen molar-refractivity contribution in [2.24, 2.45) is 0 Å². The van der Waals surface area contributed by atoms with E-state index in [0.29, 0.717) is 13.2 Å². The van der Waals surface area contributed by atoms with Crippen LogP contribution in [-0.2, 0) is 23.1 Å². The third-order valence-electron chi connectivity index (χ3n) is 9.27. The third kappa shape index (κ3) is 39.0. The van der Waals surface area contributed by atoms with Gasteiger partial charge in [-0.15, -0.1) is 0 Å². The molecule has 51 heavy (non-hydrogen) atoms. The fourth-order valence-corrected chi connectivity index (χ4v) is 6.68. The topological polar surface area (TPSA) is 115 Å². The Labute approximate surface area is 315 Å². The van der Waals surface area contributed by atoms with E-state index >= 15 is 0 Å². The minimum Gasteiger partial charge on any atom is -0.394 e.